The van der Waals surface area contributed by atoms with E-state index in [1.807, 2.05) is 0 Å². The predicted molar refractivity (Wildman–Crippen MR) is 118 cm³/mol. The quantitative estimate of drug-likeness (QED) is 0.410. The van der Waals surface area contributed by atoms with Crippen molar-refractivity contribution in [1.82, 2.24) is 0 Å². The number of carbonyl (C=O) groups is 2. The molecule has 1 amide bonds. The molecule has 0 bridgehead atoms. The molecule has 6 nitrogen and oxygen atoms in total. The largest absolute Gasteiger partial charge is 0.480 e. The van der Waals surface area contributed by atoms with Crippen molar-refractivity contribution in [3.05, 3.63) is 90.0 Å². The van der Waals surface area contributed by atoms with Crippen LogP contribution in [0.15, 0.2) is 77.2 Å². The highest BCUT2D eigenvalue weighted by Gasteiger charge is 2.34. The number of hydrogen-bond acceptors (Lipinski definition) is 4. The zero-order chi connectivity index (χ0) is 23.5. The molecule has 1 heterocycles. The van der Waals surface area contributed by atoms with E-state index in [0.717, 1.165) is 23.1 Å². The van der Waals surface area contributed by atoms with Crippen LogP contribution in [0, 0.1) is 11.6 Å². The van der Waals surface area contributed by atoms with Gasteiger partial charge in [0.1, 0.15) is 23.3 Å². The van der Waals surface area contributed by atoms with Crippen molar-refractivity contribution in [2.45, 2.75) is 12.5 Å². The second kappa shape index (κ2) is 9.12. The van der Waals surface area contributed by atoms with Gasteiger partial charge in [0.15, 0.2) is 0 Å². The standard InChI is InChI=1S/C25H19F2NO5/c1-32-25(31)28(21(24(29)30)12-15-2-7-19(26)8-3-15)23-14-18-13-17(6-11-22(18)33-23)16-4-9-20(27)10-5-16/h2-11,13-14,21H,12H2,1H3,(H,29,30)/t21-/m1/s1. The lowest BCUT2D eigenvalue weighted by molar-refractivity contribution is -0.138. The van der Waals surface area contributed by atoms with E-state index >= 15 is 0 Å². The zero-order valence-electron chi connectivity index (χ0n) is 17.5. The smallest absolute Gasteiger partial charge is 0.417 e. The first-order valence-electron chi connectivity index (χ1n) is 9.99. The van der Waals surface area contributed by atoms with Gasteiger partial charge in [-0.1, -0.05) is 30.3 Å². The number of anilines is 1. The number of ether oxygens (including phenoxy) is 1. The number of amides is 1. The van der Waals surface area contributed by atoms with Crippen molar-refractivity contribution < 1.29 is 32.6 Å². The number of carboxylic acids is 1. The molecular formula is C25H19F2NO5. The van der Waals surface area contributed by atoms with Gasteiger partial charge in [0, 0.05) is 17.9 Å². The van der Waals surface area contributed by atoms with E-state index in [1.165, 1.54) is 36.4 Å². The zero-order valence-corrected chi connectivity index (χ0v) is 17.5. The summed E-state index contributed by atoms with van der Waals surface area (Å²) in [6, 6.07) is 16.8. The number of methoxy groups -OCH3 is 1. The lowest BCUT2D eigenvalue weighted by Crippen LogP contribution is -2.46. The summed E-state index contributed by atoms with van der Waals surface area (Å²) in [5, 5.41) is 10.5. The van der Waals surface area contributed by atoms with Crippen molar-refractivity contribution in [3.63, 3.8) is 0 Å². The molecular weight excluding hydrogens is 432 g/mol. The number of hydrogen-bond donors (Lipinski definition) is 1. The van der Waals surface area contributed by atoms with Crippen LogP contribution in [0.5, 0.6) is 0 Å². The van der Waals surface area contributed by atoms with Crippen LogP contribution in [0.4, 0.5) is 19.5 Å². The third-order valence-electron chi connectivity index (χ3n) is 5.23. The minimum atomic E-state index is -1.36. The summed E-state index contributed by atoms with van der Waals surface area (Å²) in [6.45, 7) is 0. The molecule has 0 unspecified atom stereocenters. The van der Waals surface area contributed by atoms with Crippen LogP contribution in [0.25, 0.3) is 22.1 Å². The first-order chi connectivity index (χ1) is 15.9. The first-order valence-corrected chi connectivity index (χ1v) is 9.99. The topological polar surface area (TPSA) is 80.0 Å². The SMILES string of the molecule is COC(=O)N(c1cc2cc(-c3ccc(F)cc3)ccc2o1)[C@H](Cc1ccc(F)cc1)C(=O)O. The van der Waals surface area contributed by atoms with Crippen molar-refractivity contribution >= 4 is 28.9 Å². The monoisotopic (exact) mass is 451 g/mol. The van der Waals surface area contributed by atoms with Crippen LogP contribution < -0.4 is 4.90 Å². The maximum Gasteiger partial charge on any atom is 0.417 e. The Morgan fingerprint density at radius 2 is 1.55 bits per heavy atom. The second-order valence-corrected chi connectivity index (χ2v) is 7.37. The Kier molecular flexibility index (Phi) is 6.08. The number of halogens is 2. The molecule has 1 N–H and O–H groups in total. The van der Waals surface area contributed by atoms with Crippen molar-refractivity contribution in [2.24, 2.45) is 0 Å². The lowest BCUT2D eigenvalue weighted by Gasteiger charge is -2.25. The van der Waals surface area contributed by atoms with Gasteiger partial charge >= 0.3 is 12.1 Å². The summed E-state index contributed by atoms with van der Waals surface area (Å²) >= 11 is 0. The number of aliphatic carboxylic acids is 1. The molecule has 0 aliphatic rings. The summed E-state index contributed by atoms with van der Waals surface area (Å²) in [5.74, 6) is -2.09. The van der Waals surface area contributed by atoms with Gasteiger partial charge < -0.3 is 14.3 Å². The maximum absolute atomic E-state index is 13.2. The van der Waals surface area contributed by atoms with Gasteiger partial charge in [0.2, 0.25) is 5.88 Å². The molecule has 0 fully saturated rings. The minimum absolute atomic E-state index is 0.0115. The maximum atomic E-state index is 13.2. The van der Waals surface area contributed by atoms with Crippen LogP contribution in [-0.2, 0) is 16.0 Å². The molecule has 0 aliphatic heterocycles. The molecule has 8 heteroatoms. The lowest BCUT2D eigenvalue weighted by atomic mass is 10.0. The third kappa shape index (κ3) is 4.69. The van der Waals surface area contributed by atoms with Gasteiger partial charge in [-0.05, 0) is 53.1 Å². The average molecular weight is 451 g/mol. The van der Waals surface area contributed by atoms with Gasteiger partial charge in [-0.3, -0.25) is 0 Å². The summed E-state index contributed by atoms with van der Waals surface area (Å²) in [7, 11) is 1.14. The Morgan fingerprint density at radius 3 is 2.15 bits per heavy atom. The normalized spacial score (nSPS) is 11.8. The first kappa shape index (κ1) is 22.0. The number of benzene rings is 3. The van der Waals surface area contributed by atoms with E-state index in [0.29, 0.717) is 16.5 Å². The van der Waals surface area contributed by atoms with Crippen LogP contribution in [0.3, 0.4) is 0 Å². The Balaban J connectivity index is 1.72. The third-order valence-corrected chi connectivity index (χ3v) is 5.23. The van der Waals surface area contributed by atoms with Gasteiger partial charge in [0.05, 0.1) is 7.11 Å². The summed E-state index contributed by atoms with van der Waals surface area (Å²) in [4.78, 5) is 25.6. The van der Waals surface area contributed by atoms with Crippen LogP contribution >= 0.6 is 0 Å². The van der Waals surface area contributed by atoms with Crippen LogP contribution in [0.1, 0.15) is 5.56 Å². The predicted octanol–water partition coefficient (Wildman–Crippen LogP) is 5.65. The molecule has 0 spiro atoms. The Bertz CT molecular complexity index is 1300. The number of fused-ring (bicyclic) bond motifs is 1. The molecule has 1 aromatic heterocycles. The molecule has 4 rings (SSSR count). The Labute approximate surface area is 187 Å². The number of nitrogens with zero attached hydrogens (tertiary/aromatic N) is 1. The fourth-order valence-corrected chi connectivity index (χ4v) is 3.57. The Hall–Kier alpha value is -4.20. The van der Waals surface area contributed by atoms with Crippen molar-refractivity contribution in [2.75, 3.05) is 12.0 Å². The van der Waals surface area contributed by atoms with Crippen LogP contribution in [0.2, 0.25) is 0 Å². The van der Waals surface area contributed by atoms with Crippen molar-refractivity contribution in [3.8, 4) is 11.1 Å². The molecule has 0 aliphatic carbocycles. The van der Waals surface area contributed by atoms with Crippen LogP contribution in [-0.4, -0.2) is 30.3 Å². The molecule has 3 aromatic carbocycles. The number of carbonyl (C=O) groups excluding carboxylic acids is 1. The highest BCUT2D eigenvalue weighted by Crippen LogP contribution is 2.32. The minimum Gasteiger partial charge on any atom is -0.480 e. The average Bonchev–Trinajstić information content (AvgIpc) is 3.23. The van der Waals surface area contributed by atoms with E-state index < -0.39 is 23.9 Å². The fraction of sp³-hybridized carbons (Fsp3) is 0.120. The summed E-state index contributed by atoms with van der Waals surface area (Å²) in [5.41, 5.74) is 2.52. The molecule has 0 saturated heterocycles. The van der Waals surface area contributed by atoms with E-state index in [9.17, 15) is 23.5 Å². The highest BCUT2D eigenvalue weighted by atomic mass is 19.1. The fourth-order valence-electron chi connectivity index (χ4n) is 3.57. The van der Waals surface area contributed by atoms with E-state index in [4.69, 9.17) is 9.15 Å². The van der Waals surface area contributed by atoms with Gasteiger partial charge in [-0.2, -0.15) is 0 Å². The Morgan fingerprint density at radius 1 is 0.939 bits per heavy atom. The van der Waals surface area contributed by atoms with Gasteiger partial charge in [-0.15, -0.1) is 0 Å². The number of furan rings is 1. The van der Waals surface area contributed by atoms with Gasteiger partial charge in [0.25, 0.3) is 0 Å². The molecule has 0 radical (unpaired) electrons. The second-order valence-electron chi connectivity index (χ2n) is 7.37. The summed E-state index contributed by atoms with van der Waals surface area (Å²) in [6.07, 6.45) is -1.01. The van der Waals surface area contributed by atoms with E-state index in [-0.39, 0.29) is 18.1 Å². The molecule has 1 atom stereocenters. The van der Waals surface area contributed by atoms with E-state index in [2.05, 4.69) is 0 Å². The summed E-state index contributed by atoms with van der Waals surface area (Å²) < 4.78 is 37.1. The molecule has 33 heavy (non-hydrogen) atoms. The number of carboxylic acid groups (broad SMARTS) is 1. The highest BCUT2D eigenvalue weighted by molar-refractivity contribution is 5.97. The number of rotatable bonds is 6. The van der Waals surface area contributed by atoms with Gasteiger partial charge in [-0.25, -0.2) is 23.3 Å². The van der Waals surface area contributed by atoms with E-state index in [1.54, 1.807) is 36.4 Å². The van der Waals surface area contributed by atoms with Crippen molar-refractivity contribution in [1.29, 1.82) is 0 Å². The molecule has 168 valence electrons. The molecule has 4 aromatic rings. The molecule has 0 saturated carbocycles.